The smallest absolute Gasteiger partial charge is 0.180 e. The van der Waals surface area contributed by atoms with E-state index in [1.165, 1.54) is 24.9 Å². The second kappa shape index (κ2) is 10.1. The lowest BCUT2D eigenvalue weighted by molar-refractivity contribution is 0.260. The van der Waals surface area contributed by atoms with E-state index >= 15 is 0 Å². The lowest BCUT2D eigenvalue weighted by atomic mass is 10.1. The van der Waals surface area contributed by atoms with E-state index in [-0.39, 0.29) is 0 Å². The zero-order valence-electron chi connectivity index (χ0n) is 17.1. The Morgan fingerprint density at radius 3 is 2.82 bits per heavy atom. The van der Waals surface area contributed by atoms with Gasteiger partial charge in [0, 0.05) is 19.1 Å². The van der Waals surface area contributed by atoms with Gasteiger partial charge < -0.3 is 14.8 Å². The lowest BCUT2D eigenvalue weighted by Gasteiger charge is -2.23. The Balaban J connectivity index is 1.61. The summed E-state index contributed by atoms with van der Waals surface area (Å²) in [7, 11) is 1.65. The number of ether oxygens (including phenoxy) is 2. The first-order chi connectivity index (χ1) is 13.6. The molecule has 0 amide bonds. The largest absolute Gasteiger partial charge is 0.493 e. The number of rotatable bonds is 9. The number of halogens is 1. The molecule has 0 aliphatic carbocycles. The molecule has 152 valence electrons. The minimum absolute atomic E-state index is 0.467. The molecule has 1 fully saturated rings. The Hall–Kier alpha value is -1.75. The van der Waals surface area contributed by atoms with Crippen molar-refractivity contribution in [1.29, 1.82) is 0 Å². The minimum atomic E-state index is 0.467. The van der Waals surface area contributed by atoms with E-state index in [0.29, 0.717) is 29.2 Å². The SMILES string of the molecule is CCN1CCCC1CNCc1cc(Cl)c(OCc2ccccc2C)c(OC)c1. The van der Waals surface area contributed by atoms with Gasteiger partial charge >= 0.3 is 0 Å². The van der Waals surface area contributed by atoms with Crippen molar-refractivity contribution in [3.8, 4) is 11.5 Å². The maximum absolute atomic E-state index is 6.53. The average Bonchev–Trinajstić information content (AvgIpc) is 3.15. The standard InChI is InChI=1S/C23H31ClN2O2/c1-4-26-11-7-10-20(26)15-25-14-18-12-21(24)23(22(13-18)27-3)28-16-19-9-6-5-8-17(19)2/h5-6,8-9,12-13,20,25H,4,7,10-11,14-16H2,1-3H3. The van der Waals surface area contributed by atoms with Gasteiger partial charge in [-0.1, -0.05) is 42.8 Å². The second-order valence-corrected chi connectivity index (χ2v) is 7.79. The van der Waals surface area contributed by atoms with Crippen LogP contribution < -0.4 is 14.8 Å². The normalized spacial score (nSPS) is 17.1. The van der Waals surface area contributed by atoms with Crippen LogP contribution in [0.2, 0.25) is 5.02 Å². The highest BCUT2D eigenvalue weighted by atomic mass is 35.5. The van der Waals surface area contributed by atoms with Gasteiger partial charge in [-0.25, -0.2) is 0 Å². The first-order valence-corrected chi connectivity index (χ1v) is 10.5. The monoisotopic (exact) mass is 402 g/mol. The fourth-order valence-electron chi connectivity index (χ4n) is 3.86. The molecule has 3 rings (SSSR count). The van der Waals surface area contributed by atoms with Gasteiger partial charge in [0.25, 0.3) is 0 Å². The first kappa shape index (κ1) is 21.0. The van der Waals surface area contributed by atoms with Gasteiger partial charge in [-0.3, -0.25) is 4.90 Å². The number of likely N-dealkylation sites (tertiary alicyclic amines) is 1. The zero-order chi connectivity index (χ0) is 19.9. The van der Waals surface area contributed by atoms with Crippen LogP contribution in [0, 0.1) is 6.92 Å². The molecular weight excluding hydrogens is 372 g/mol. The molecule has 2 aromatic carbocycles. The van der Waals surface area contributed by atoms with Crippen LogP contribution in [0.15, 0.2) is 36.4 Å². The fraction of sp³-hybridized carbons (Fsp3) is 0.478. The Morgan fingerprint density at radius 2 is 2.07 bits per heavy atom. The van der Waals surface area contributed by atoms with Crippen molar-refractivity contribution < 1.29 is 9.47 Å². The summed E-state index contributed by atoms with van der Waals surface area (Å²) in [5.41, 5.74) is 3.45. The lowest BCUT2D eigenvalue weighted by Crippen LogP contribution is -2.37. The molecule has 0 bridgehead atoms. The molecule has 5 heteroatoms. The van der Waals surface area contributed by atoms with E-state index in [2.05, 4.69) is 36.2 Å². The number of hydrogen-bond donors (Lipinski definition) is 1. The van der Waals surface area contributed by atoms with Crippen LogP contribution in [0.3, 0.4) is 0 Å². The molecule has 28 heavy (non-hydrogen) atoms. The summed E-state index contributed by atoms with van der Waals surface area (Å²) in [5, 5.41) is 4.16. The second-order valence-electron chi connectivity index (χ2n) is 7.38. The van der Waals surface area contributed by atoms with Crippen LogP contribution in [-0.2, 0) is 13.2 Å². The van der Waals surface area contributed by atoms with Gasteiger partial charge in [-0.05, 0) is 61.7 Å². The summed E-state index contributed by atoms with van der Waals surface area (Å²) >= 11 is 6.53. The molecule has 1 atom stereocenters. The number of benzene rings is 2. The number of methoxy groups -OCH3 is 1. The maximum Gasteiger partial charge on any atom is 0.180 e. The number of aryl methyl sites for hydroxylation is 1. The quantitative estimate of drug-likeness (QED) is 0.652. The van der Waals surface area contributed by atoms with Crippen molar-refractivity contribution >= 4 is 11.6 Å². The highest BCUT2D eigenvalue weighted by molar-refractivity contribution is 6.32. The molecule has 4 nitrogen and oxygen atoms in total. The Kier molecular flexibility index (Phi) is 7.60. The first-order valence-electron chi connectivity index (χ1n) is 10.1. The van der Waals surface area contributed by atoms with Crippen LogP contribution in [0.5, 0.6) is 11.5 Å². The maximum atomic E-state index is 6.53. The summed E-state index contributed by atoms with van der Waals surface area (Å²) in [4.78, 5) is 2.54. The van der Waals surface area contributed by atoms with Crippen LogP contribution in [-0.4, -0.2) is 37.7 Å². The fourth-order valence-corrected chi connectivity index (χ4v) is 4.15. The van der Waals surface area contributed by atoms with Crippen LogP contribution in [0.25, 0.3) is 0 Å². The summed E-state index contributed by atoms with van der Waals surface area (Å²) in [6, 6.07) is 12.8. The van der Waals surface area contributed by atoms with Gasteiger partial charge in [0.05, 0.1) is 12.1 Å². The molecule has 0 aromatic heterocycles. The summed E-state index contributed by atoms with van der Waals surface area (Å²) in [6.07, 6.45) is 2.57. The van der Waals surface area contributed by atoms with Crippen molar-refractivity contribution in [1.82, 2.24) is 10.2 Å². The third kappa shape index (κ3) is 5.19. The number of hydrogen-bond acceptors (Lipinski definition) is 4. The number of likely N-dealkylation sites (N-methyl/N-ethyl adjacent to an activating group) is 1. The zero-order valence-corrected chi connectivity index (χ0v) is 17.9. The Bertz CT molecular complexity index is 781. The van der Waals surface area contributed by atoms with Crippen molar-refractivity contribution in [3.63, 3.8) is 0 Å². The van der Waals surface area contributed by atoms with E-state index in [1.807, 2.05) is 24.3 Å². The highest BCUT2D eigenvalue weighted by Crippen LogP contribution is 2.37. The predicted molar refractivity (Wildman–Crippen MR) is 115 cm³/mol. The van der Waals surface area contributed by atoms with E-state index < -0.39 is 0 Å². The molecule has 1 N–H and O–H groups in total. The van der Waals surface area contributed by atoms with Crippen molar-refractivity contribution in [2.24, 2.45) is 0 Å². The van der Waals surface area contributed by atoms with Crippen LogP contribution >= 0.6 is 11.6 Å². The highest BCUT2D eigenvalue weighted by Gasteiger charge is 2.22. The van der Waals surface area contributed by atoms with E-state index in [4.69, 9.17) is 21.1 Å². The van der Waals surface area contributed by atoms with Crippen molar-refractivity contribution in [3.05, 3.63) is 58.1 Å². The molecule has 0 radical (unpaired) electrons. The molecule has 2 aromatic rings. The Morgan fingerprint density at radius 1 is 1.25 bits per heavy atom. The molecule has 0 saturated carbocycles. The van der Waals surface area contributed by atoms with E-state index in [1.54, 1.807) is 7.11 Å². The number of nitrogens with one attached hydrogen (secondary N) is 1. The van der Waals surface area contributed by atoms with Gasteiger partial charge in [-0.15, -0.1) is 0 Å². The minimum Gasteiger partial charge on any atom is -0.493 e. The molecular formula is C23H31ClN2O2. The third-order valence-electron chi connectivity index (χ3n) is 5.54. The van der Waals surface area contributed by atoms with Crippen LogP contribution in [0.1, 0.15) is 36.5 Å². The molecule has 1 aliphatic heterocycles. The molecule has 1 aliphatic rings. The van der Waals surface area contributed by atoms with Crippen LogP contribution in [0.4, 0.5) is 0 Å². The molecule has 1 saturated heterocycles. The molecule has 1 heterocycles. The predicted octanol–water partition coefficient (Wildman–Crippen LogP) is 4.81. The summed E-state index contributed by atoms with van der Waals surface area (Å²) in [6.45, 7) is 8.89. The van der Waals surface area contributed by atoms with Gasteiger partial charge in [-0.2, -0.15) is 0 Å². The molecule has 0 spiro atoms. The summed E-state index contributed by atoms with van der Waals surface area (Å²) in [5.74, 6) is 1.28. The van der Waals surface area contributed by atoms with Gasteiger partial charge in [0.15, 0.2) is 11.5 Å². The average molecular weight is 403 g/mol. The van der Waals surface area contributed by atoms with E-state index in [0.717, 1.165) is 30.8 Å². The molecule has 1 unspecified atom stereocenters. The topological polar surface area (TPSA) is 33.7 Å². The Labute approximate surface area is 173 Å². The third-order valence-corrected chi connectivity index (χ3v) is 5.82. The van der Waals surface area contributed by atoms with Crippen molar-refractivity contribution in [2.45, 2.75) is 45.9 Å². The van der Waals surface area contributed by atoms with Gasteiger partial charge in [0.2, 0.25) is 0 Å². The van der Waals surface area contributed by atoms with Crippen molar-refractivity contribution in [2.75, 3.05) is 26.7 Å². The van der Waals surface area contributed by atoms with E-state index in [9.17, 15) is 0 Å². The summed E-state index contributed by atoms with van der Waals surface area (Å²) < 4.78 is 11.6. The van der Waals surface area contributed by atoms with Gasteiger partial charge in [0.1, 0.15) is 6.61 Å². The number of nitrogens with zero attached hydrogens (tertiary/aromatic N) is 1.